The molecule has 138 valence electrons. The van der Waals surface area contributed by atoms with Gasteiger partial charge in [0.15, 0.2) is 0 Å². The highest BCUT2D eigenvalue weighted by Gasteiger charge is 2.10. The second-order valence-corrected chi connectivity index (χ2v) is 5.29. The molecule has 0 radical (unpaired) electrons. The van der Waals surface area contributed by atoms with Gasteiger partial charge in [-0.15, -0.1) is 0 Å². The number of methoxy groups -OCH3 is 3. The van der Waals surface area contributed by atoms with Crippen LogP contribution in [0.3, 0.4) is 0 Å². The highest BCUT2D eigenvalue weighted by Crippen LogP contribution is 2.34. The van der Waals surface area contributed by atoms with Crippen LogP contribution in [-0.2, 0) is 11.3 Å². The minimum absolute atomic E-state index is 0.233. The third-order valence-corrected chi connectivity index (χ3v) is 3.61. The molecule has 2 aromatic rings. The summed E-state index contributed by atoms with van der Waals surface area (Å²) in [5.41, 5.74) is 1.70. The summed E-state index contributed by atoms with van der Waals surface area (Å²) in [6.45, 7) is 0.544. The van der Waals surface area contributed by atoms with Crippen molar-refractivity contribution in [2.45, 2.75) is 6.61 Å². The van der Waals surface area contributed by atoms with Crippen LogP contribution in [0.5, 0.6) is 17.2 Å². The molecular formula is C20H23NO5. The van der Waals surface area contributed by atoms with Crippen LogP contribution in [0.25, 0.3) is 6.08 Å². The normalized spacial score (nSPS) is 10.4. The van der Waals surface area contributed by atoms with Gasteiger partial charge in [-0.1, -0.05) is 36.4 Å². The molecule has 0 aliphatic rings. The SMILES string of the molecule is COc1cc(OC)c(C=CCNC(=O)OCc2ccccc2)c(OC)c1. The van der Waals surface area contributed by atoms with Gasteiger partial charge in [0, 0.05) is 18.7 Å². The molecule has 2 rings (SSSR count). The quantitative estimate of drug-likeness (QED) is 0.781. The van der Waals surface area contributed by atoms with Crippen molar-refractivity contribution in [2.75, 3.05) is 27.9 Å². The van der Waals surface area contributed by atoms with E-state index in [0.717, 1.165) is 11.1 Å². The van der Waals surface area contributed by atoms with Crippen LogP contribution < -0.4 is 19.5 Å². The van der Waals surface area contributed by atoms with Gasteiger partial charge in [-0.3, -0.25) is 0 Å². The summed E-state index contributed by atoms with van der Waals surface area (Å²) < 4.78 is 21.1. The van der Waals surface area contributed by atoms with Gasteiger partial charge in [0.1, 0.15) is 23.9 Å². The second kappa shape index (κ2) is 9.98. The molecule has 0 unspecified atom stereocenters. The van der Waals surface area contributed by atoms with Gasteiger partial charge in [0.2, 0.25) is 0 Å². The number of hydrogen-bond donors (Lipinski definition) is 1. The Morgan fingerprint density at radius 1 is 1.00 bits per heavy atom. The van der Waals surface area contributed by atoms with E-state index < -0.39 is 6.09 Å². The van der Waals surface area contributed by atoms with Gasteiger partial charge < -0.3 is 24.3 Å². The molecule has 0 bridgehead atoms. The fourth-order valence-electron chi connectivity index (χ4n) is 2.29. The van der Waals surface area contributed by atoms with Crippen LogP contribution in [-0.4, -0.2) is 34.0 Å². The summed E-state index contributed by atoms with van der Waals surface area (Å²) in [5, 5.41) is 2.67. The highest BCUT2D eigenvalue weighted by molar-refractivity contribution is 5.69. The molecule has 2 aromatic carbocycles. The molecule has 26 heavy (non-hydrogen) atoms. The maximum atomic E-state index is 11.7. The van der Waals surface area contributed by atoms with Crippen LogP contribution >= 0.6 is 0 Å². The molecule has 0 aliphatic carbocycles. The molecule has 0 fully saturated rings. The summed E-state index contributed by atoms with van der Waals surface area (Å²) in [5.74, 6) is 1.87. The molecule has 1 amide bonds. The van der Waals surface area contributed by atoms with Gasteiger partial charge in [-0.05, 0) is 11.6 Å². The van der Waals surface area contributed by atoms with Crippen LogP contribution in [0.15, 0.2) is 48.5 Å². The first-order valence-electron chi connectivity index (χ1n) is 8.09. The van der Waals surface area contributed by atoms with Crippen molar-refractivity contribution in [3.63, 3.8) is 0 Å². The van der Waals surface area contributed by atoms with Gasteiger partial charge in [-0.25, -0.2) is 4.79 Å². The maximum absolute atomic E-state index is 11.7. The van der Waals surface area contributed by atoms with Gasteiger partial charge in [0.25, 0.3) is 0 Å². The Morgan fingerprint density at radius 2 is 1.65 bits per heavy atom. The standard InChI is InChI=1S/C20H23NO5/c1-23-16-12-18(24-2)17(19(13-16)25-3)10-7-11-21-20(22)26-14-15-8-5-4-6-9-15/h4-10,12-13H,11,14H2,1-3H3,(H,21,22). The number of nitrogens with one attached hydrogen (secondary N) is 1. The molecule has 1 N–H and O–H groups in total. The van der Waals surface area contributed by atoms with E-state index in [9.17, 15) is 4.79 Å². The fourth-order valence-corrected chi connectivity index (χ4v) is 2.29. The number of amides is 1. The predicted molar refractivity (Wildman–Crippen MR) is 99.8 cm³/mol. The van der Waals surface area contributed by atoms with Gasteiger partial charge in [-0.2, -0.15) is 0 Å². The second-order valence-electron chi connectivity index (χ2n) is 5.29. The van der Waals surface area contributed by atoms with Crippen molar-refractivity contribution in [2.24, 2.45) is 0 Å². The van der Waals surface area contributed by atoms with E-state index in [-0.39, 0.29) is 6.61 Å². The summed E-state index contributed by atoms with van der Waals surface area (Å²) in [6.07, 6.45) is 3.12. The topological polar surface area (TPSA) is 66.0 Å². The Bertz CT molecular complexity index is 718. The van der Waals surface area contributed by atoms with Crippen LogP contribution in [0.2, 0.25) is 0 Å². The first kappa shape index (κ1) is 19.2. The summed E-state index contributed by atoms with van der Waals surface area (Å²) in [7, 11) is 4.73. The number of rotatable bonds is 8. The average Bonchev–Trinajstić information content (AvgIpc) is 2.69. The van der Waals surface area contributed by atoms with Crippen molar-refractivity contribution in [3.05, 3.63) is 59.7 Å². The van der Waals surface area contributed by atoms with Gasteiger partial charge >= 0.3 is 6.09 Å². The number of benzene rings is 2. The molecule has 0 saturated heterocycles. The average molecular weight is 357 g/mol. The number of carbonyl (C=O) groups is 1. The minimum Gasteiger partial charge on any atom is -0.496 e. The van der Waals surface area contributed by atoms with E-state index in [1.807, 2.05) is 36.4 Å². The Labute approximate surface area is 153 Å². The molecule has 0 heterocycles. The molecule has 0 aromatic heterocycles. The van der Waals surface area contributed by atoms with E-state index in [4.69, 9.17) is 18.9 Å². The Morgan fingerprint density at radius 3 is 2.23 bits per heavy atom. The van der Waals surface area contributed by atoms with Crippen molar-refractivity contribution < 1.29 is 23.7 Å². The number of ether oxygens (including phenoxy) is 4. The van der Waals surface area contributed by atoms with E-state index in [1.54, 1.807) is 39.5 Å². The van der Waals surface area contributed by atoms with Crippen molar-refractivity contribution in [1.82, 2.24) is 5.32 Å². The monoisotopic (exact) mass is 357 g/mol. The van der Waals surface area contributed by atoms with Crippen molar-refractivity contribution >= 4 is 12.2 Å². The van der Waals surface area contributed by atoms with Gasteiger partial charge in [0.05, 0.1) is 26.9 Å². The molecular weight excluding hydrogens is 334 g/mol. The molecule has 6 heteroatoms. The smallest absolute Gasteiger partial charge is 0.407 e. The number of carbonyl (C=O) groups excluding carboxylic acids is 1. The van der Waals surface area contributed by atoms with Crippen molar-refractivity contribution in [3.8, 4) is 17.2 Å². The lowest BCUT2D eigenvalue weighted by Gasteiger charge is -2.12. The van der Waals surface area contributed by atoms with E-state index >= 15 is 0 Å². The van der Waals surface area contributed by atoms with E-state index in [2.05, 4.69) is 5.32 Å². The molecule has 6 nitrogen and oxygen atoms in total. The van der Waals surface area contributed by atoms with E-state index in [0.29, 0.717) is 23.8 Å². The number of hydrogen-bond acceptors (Lipinski definition) is 5. The zero-order chi connectivity index (χ0) is 18.8. The van der Waals surface area contributed by atoms with Crippen LogP contribution in [0.1, 0.15) is 11.1 Å². The highest BCUT2D eigenvalue weighted by atomic mass is 16.5. The Balaban J connectivity index is 1.90. The molecule has 0 spiro atoms. The summed E-state index contributed by atoms with van der Waals surface area (Å²) >= 11 is 0. The summed E-state index contributed by atoms with van der Waals surface area (Å²) in [4.78, 5) is 11.7. The third kappa shape index (κ3) is 5.44. The lowest BCUT2D eigenvalue weighted by molar-refractivity contribution is 0.141. The first-order chi connectivity index (χ1) is 12.7. The molecule has 0 aliphatic heterocycles. The Kier molecular flexibility index (Phi) is 7.36. The van der Waals surface area contributed by atoms with Crippen LogP contribution in [0, 0.1) is 0 Å². The predicted octanol–water partition coefficient (Wildman–Crippen LogP) is 3.65. The first-order valence-corrected chi connectivity index (χ1v) is 8.09. The third-order valence-electron chi connectivity index (χ3n) is 3.61. The fraction of sp³-hybridized carbons (Fsp3) is 0.250. The lowest BCUT2D eigenvalue weighted by Crippen LogP contribution is -2.24. The zero-order valence-electron chi connectivity index (χ0n) is 15.2. The largest absolute Gasteiger partial charge is 0.496 e. The molecule has 0 saturated carbocycles. The number of alkyl carbamates (subject to hydrolysis) is 1. The zero-order valence-corrected chi connectivity index (χ0v) is 15.2. The van der Waals surface area contributed by atoms with Crippen molar-refractivity contribution in [1.29, 1.82) is 0 Å². The lowest BCUT2D eigenvalue weighted by atomic mass is 10.1. The maximum Gasteiger partial charge on any atom is 0.407 e. The summed E-state index contributed by atoms with van der Waals surface area (Å²) in [6, 6.07) is 13.0. The van der Waals surface area contributed by atoms with Crippen LogP contribution in [0.4, 0.5) is 4.79 Å². The molecule has 0 atom stereocenters. The minimum atomic E-state index is -0.479. The van der Waals surface area contributed by atoms with E-state index in [1.165, 1.54) is 0 Å². The Hall–Kier alpha value is -3.15.